The zero-order valence-electron chi connectivity index (χ0n) is 16.9. The van der Waals surface area contributed by atoms with Crippen LogP contribution >= 0.6 is 11.6 Å². The van der Waals surface area contributed by atoms with Crippen molar-refractivity contribution in [3.63, 3.8) is 0 Å². The van der Waals surface area contributed by atoms with Crippen LogP contribution in [-0.2, 0) is 19.6 Å². The first-order chi connectivity index (χ1) is 14.4. The third-order valence-corrected chi connectivity index (χ3v) is 5.70. The number of ether oxygens (including phenoxy) is 2. The van der Waals surface area contributed by atoms with Crippen LogP contribution in [-0.4, -0.2) is 22.4 Å². The van der Waals surface area contributed by atoms with Crippen molar-refractivity contribution in [2.45, 2.75) is 33.5 Å². The van der Waals surface area contributed by atoms with Gasteiger partial charge in [-0.05, 0) is 49.2 Å². The van der Waals surface area contributed by atoms with Crippen molar-refractivity contribution in [1.82, 2.24) is 9.88 Å². The molecule has 6 nitrogen and oxygen atoms in total. The first-order valence-corrected chi connectivity index (χ1v) is 10.1. The van der Waals surface area contributed by atoms with Crippen molar-refractivity contribution in [2.75, 3.05) is 6.79 Å². The van der Waals surface area contributed by atoms with Crippen LogP contribution in [0.2, 0.25) is 5.02 Å². The van der Waals surface area contributed by atoms with Crippen LogP contribution in [0.1, 0.15) is 38.4 Å². The standard InChI is InChI=1S/C23H23ClN2O4/c1-14-19(11-25-10-17-5-8-20-21(9-17)30-13-29-20)22(23(27)28)15(2)26(14)12-16-3-6-18(24)7-4-16/h3-9,25H,10-13H2,1-2H3,(H,27,28). The van der Waals surface area contributed by atoms with Gasteiger partial charge < -0.3 is 24.5 Å². The largest absolute Gasteiger partial charge is 0.478 e. The number of carboxylic acid groups (broad SMARTS) is 1. The summed E-state index contributed by atoms with van der Waals surface area (Å²) in [6.45, 7) is 5.71. The highest BCUT2D eigenvalue weighted by atomic mass is 35.5. The molecule has 2 heterocycles. The van der Waals surface area contributed by atoms with Gasteiger partial charge in [0.05, 0.1) is 5.56 Å². The molecule has 1 aliphatic rings. The number of carboxylic acids is 1. The van der Waals surface area contributed by atoms with Crippen LogP contribution in [0.3, 0.4) is 0 Å². The zero-order chi connectivity index (χ0) is 21.3. The van der Waals surface area contributed by atoms with Gasteiger partial charge >= 0.3 is 5.97 Å². The lowest BCUT2D eigenvalue weighted by Gasteiger charge is -2.11. The van der Waals surface area contributed by atoms with E-state index in [0.29, 0.717) is 30.2 Å². The molecule has 4 rings (SSSR count). The summed E-state index contributed by atoms with van der Waals surface area (Å²) in [4.78, 5) is 12.0. The third-order valence-electron chi connectivity index (χ3n) is 5.45. The third kappa shape index (κ3) is 4.01. The Morgan fingerprint density at radius 3 is 2.47 bits per heavy atom. The van der Waals surface area contributed by atoms with Crippen LogP contribution in [0.4, 0.5) is 0 Å². The predicted octanol–water partition coefficient (Wildman–Crippen LogP) is 4.52. The van der Waals surface area contributed by atoms with Crippen molar-refractivity contribution >= 4 is 17.6 Å². The van der Waals surface area contributed by atoms with E-state index >= 15 is 0 Å². The SMILES string of the molecule is Cc1c(CNCc2ccc3c(c2)OCO3)c(C(=O)O)c(C)n1Cc1ccc(Cl)cc1. The lowest BCUT2D eigenvalue weighted by atomic mass is 10.1. The van der Waals surface area contributed by atoms with E-state index < -0.39 is 5.97 Å². The van der Waals surface area contributed by atoms with Gasteiger partial charge in [-0.3, -0.25) is 0 Å². The van der Waals surface area contributed by atoms with Gasteiger partial charge in [-0.2, -0.15) is 0 Å². The second-order valence-corrected chi connectivity index (χ2v) is 7.77. The molecule has 156 valence electrons. The summed E-state index contributed by atoms with van der Waals surface area (Å²) in [5, 5.41) is 13.9. The molecule has 1 aliphatic heterocycles. The van der Waals surface area contributed by atoms with E-state index in [2.05, 4.69) is 5.32 Å². The molecule has 0 fully saturated rings. The van der Waals surface area contributed by atoms with Crippen LogP contribution in [0, 0.1) is 13.8 Å². The van der Waals surface area contributed by atoms with Gasteiger partial charge in [0.2, 0.25) is 6.79 Å². The highest BCUT2D eigenvalue weighted by molar-refractivity contribution is 6.30. The quantitative estimate of drug-likeness (QED) is 0.581. The number of aromatic carboxylic acids is 1. The van der Waals surface area contributed by atoms with E-state index in [1.807, 2.05) is 60.9 Å². The molecule has 1 aromatic heterocycles. The minimum absolute atomic E-state index is 0.244. The molecule has 2 aromatic carbocycles. The van der Waals surface area contributed by atoms with Gasteiger partial charge in [0.25, 0.3) is 0 Å². The summed E-state index contributed by atoms with van der Waals surface area (Å²) >= 11 is 5.98. The van der Waals surface area contributed by atoms with E-state index in [1.165, 1.54) is 0 Å². The number of nitrogens with zero attached hydrogens (tertiary/aromatic N) is 1. The fraction of sp³-hybridized carbons (Fsp3) is 0.261. The Hall–Kier alpha value is -2.96. The maximum absolute atomic E-state index is 12.0. The molecule has 30 heavy (non-hydrogen) atoms. The van der Waals surface area contributed by atoms with Crippen molar-refractivity contribution in [3.05, 3.63) is 81.1 Å². The van der Waals surface area contributed by atoms with Gasteiger partial charge in [-0.15, -0.1) is 0 Å². The molecule has 7 heteroatoms. The number of halogens is 1. The number of benzene rings is 2. The number of hydrogen-bond acceptors (Lipinski definition) is 4. The number of fused-ring (bicyclic) bond motifs is 1. The molecule has 0 unspecified atom stereocenters. The number of carbonyl (C=O) groups is 1. The molecule has 0 saturated carbocycles. The van der Waals surface area contributed by atoms with Gasteiger partial charge in [-0.1, -0.05) is 29.8 Å². The molecule has 2 N–H and O–H groups in total. The number of rotatable bonds is 7. The fourth-order valence-electron chi connectivity index (χ4n) is 3.84. The Bertz CT molecular complexity index is 1090. The molecule has 0 amide bonds. The van der Waals surface area contributed by atoms with E-state index in [9.17, 15) is 9.90 Å². The highest BCUT2D eigenvalue weighted by Gasteiger charge is 2.22. The van der Waals surface area contributed by atoms with Crippen molar-refractivity contribution in [1.29, 1.82) is 0 Å². The molecular weight excluding hydrogens is 404 g/mol. The van der Waals surface area contributed by atoms with Crippen molar-refractivity contribution in [2.24, 2.45) is 0 Å². The Balaban J connectivity index is 1.53. The lowest BCUT2D eigenvalue weighted by Crippen LogP contribution is -2.15. The van der Waals surface area contributed by atoms with Gasteiger partial charge in [0.1, 0.15) is 0 Å². The summed E-state index contributed by atoms with van der Waals surface area (Å²) in [6.07, 6.45) is 0. The molecule has 0 spiro atoms. The molecule has 0 saturated heterocycles. The normalized spacial score (nSPS) is 12.4. The molecule has 3 aromatic rings. The van der Waals surface area contributed by atoms with Crippen molar-refractivity contribution in [3.8, 4) is 11.5 Å². The first-order valence-electron chi connectivity index (χ1n) is 9.69. The fourth-order valence-corrected chi connectivity index (χ4v) is 3.97. The number of hydrogen-bond donors (Lipinski definition) is 2. The summed E-state index contributed by atoms with van der Waals surface area (Å²) in [7, 11) is 0. The summed E-state index contributed by atoms with van der Waals surface area (Å²) in [5.41, 5.74) is 4.96. The second kappa shape index (κ2) is 8.42. The Kier molecular flexibility index (Phi) is 5.70. The van der Waals surface area contributed by atoms with E-state index in [4.69, 9.17) is 21.1 Å². The van der Waals surface area contributed by atoms with Crippen LogP contribution < -0.4 is 14.8 Å². The van der Waals surface area contributed by atoms with E-state index in [-0.39, 0.29) is 6.79 Å². The molecular formula is C23H23ClN2O4. The highest BCUT2D eigenvalue weighted by Crippen LogP contribution is 2.32. The molecule has 0 radical (unpaired) electrons. The topological polar surface area (TPSA) is 72.7 Å². The number of aromatic nitrogens is 1. The minimum Gasteiger partial charge on any atom is -0.478 e. The monoisotopic (exact) mass is 426 g/mol. The number of nitrogens with one attached hydrogen (secondary N) is 1. The van der Waals surface area contributed by atoms with E-state index in [1.54, 1.807) is 0 Å². The van der Waals surface area contributed by atoms with E-state index in [0.717, 1.165) is 39.6 Å². The van der Waals surface area contributed by atoms with Crippen LogP contribution in [0.15, 0.2) is 42.5 Å². The average Bonchev–Trinajstić information content (AvgIpc) is 3.27. The zero-order valence-corrected chi connectivity index (χ0v) is 17.6. The van der Waals surface area contributed by atoms with Crippen LogP contribution in [0.5, 0.6) is 11.5 Å². The maximum atomic E-state index is 12.0. The Labute approximate surface area is 180 Å². The first kappa shape index (κ1) is 20.3. The van der Waals surface area contributed by atoms with Gasteiger partial charge in [-0.25, -0.2) is 4.79 Å². The van der Waals surface area contributed by atoms with Crippen LogP contribution in [0.25, 0.3) is 0 Å². The summed E-state index contributed by atoms with van der Waals surface area (Å²) in [6, 6.07) is 13.4. The summed E-state index contributed by atoms with van der Waals surface area (Å²) < 4.78 is 12.8. The lowest BCUT2D eigenvalue weighted by molar-refractivity contribution is 0.0694. The minimum atomic E-state index is -0.912. The molecule has 0 atom stereocenters. The summed E-state index contributed by atoms with van der Waals surface area (Å²) in [5.74, 6) is 0.574. The Morgan fingerprint density at radius 2 is 1.73 bits per heavy atom. The van der Waals surface area contributed by atoms with Crippen molar-refractivity contribution < 1.29 is 19.4 Å². The van der Waals surface area contributed by atoms with Gasteiger partial charge in [0, 0.05) is 41.6 Å². The molecule has 0 aliphatic carbocycles. The average molecular weight is 427 g/mol. The molecule has 0 bridgehead atoms. The maximum Gasteiger partial charge on any atom is 0.337 e. The van der Waals surface area contributed by atoms with Gasteiger partial charge in [0.15, 0.2) is 11.5 Å². The second-order valence-electron chi connectivity index (χ2n) is 7.33. The predicted molar refractivity (Wildman–Crippen MR) is 115 cm³/mol. The smallest absolute Gasteiger partial charge is 0.337 e. The Morgan fingerprint density at radius 1 is 1.03 bits per heavy atom.